The number of hydrogen-bond donors (Lipinski definition) is 1. The van der Waals surface area contributed by atoms with Crippen LogP contribution in [0.15, 0.2) is 48.0 Å². The lowest BCUT2D eigenvalue weighted by Crippen LogP contribution is -2.26. The Hall–Kier alpha value is -2.96. The zero-order chi connectivity index (χ0) is 14.1. The van der Waals surface area contributed by atoms with Gasteiger partial charge in [-0.1, -0.05) is 0 Å². The highest BCUT2D eigenvalue weighted by Gasteiger charge is 2.14. The monoisotopic (exact) mass is 269 g/mol. The largest absolute Gasteiger partial charge is 0.332 e. The zero-order valence-electron chi connectivity index (χ0n) is 10.6. The smallest absolute Gasteiger partial charge is 0.312 e. The molecule has 7 heteroatoms. The highest BCUT2D eigenvalue weighted by molar-refractivity contribution is 5.96. The second-order valence-corrected chi connectivity index (χ2v) is 4.25. The van der Waals surface area contributed by atoms with Crippen LogP contribution in [0.1, 0.15) is 16.1 Å². The van der Waals surface area contributed by atoms with Gasteiger partial charge in [0.15, 0.2) is 0 Å². The molecule has 20 heavy (non-hydrogen) atoms. The summed E-state index contributed by atoms with van der Waals surface area (Å²) < 4.78 is 2.77. The normalized spacial score (nSPS) is 10.7. The number of aromatic amines is 1. The second kappa shape index (κ2) is 4.61. The number of hydrogen-bond acceptors (Lipinski definition) is 4. The quantitative estimate of drug-likeness (QED) is 0.744. The first kappa shape index (κ1) is 12.1. The molecule has 3 heterocycles. The molecule has 0 aliphatic carbocycles. The molecule has 0 fully saturated rings. The Morgan fingerprint density at radius 1 is 1.35 bits per heavy atom. The fourth-order valence-corrected chi connectivity index (χ4v) is 1.92. The average Bonchev–Trinajstić information content (AvgIpc) is 3.09. The van der Waals surface area contributed by atoms with Crippen molar-refractivity contribution in [1.82, 2.24) is 24.1 Å². The number of pyridine rings is 1. The lowest BCUT2D eigenvalue weighted by molar-refractivity contribution is 0.0954. The van der Waals surface area contributed by atoms with E-state index < -0.39 is 11.6 Å². The third-order valence-corrected chi connectivity index (χ3v) is 2.92. The third-order valence-electron chi connectivity index (χ3n) is 2.92. The van der Waals surface area contributed by atoms with E-state index in [-0.39, 0.29) is 0 Å². The molecule has 0 aromatic carbocycles. The van der Waals surface area contributed by atoms with E-state index in [0.717, 1.165) is 4.57 Å². The first-order valence-electron chi connectivity index (χ1n) is 5.93. The van der Waals surface area contributed by atoms with Gasteiger partial charge in [-0.25, -0.2) is 19.3 Å². The van der Waals surface area contributed by atoms with E-state index in [1.807, 2.05) is 0 Å². The molecule has 0 amide bonds. The van der Waals surface area contributed by atoms with Gasteiger partial charge in [0.2, 0.25) is 0 Å². The topological polar surface area (TPSA) is 85.6 Å². The summed E-state index contributed by atoms with van der Waals surface area (Å²) >= 11 is 0. The van der Waals surface area contributed by atoms with Crippen LogP contribution in [0.2, 0.25) is 0 Å². The molecule has 0 saturated carbocycles. The molecular weight excluding hydrogens is 258 g/mol. The molecule has 0 aliphatic heterocycles. The predicted octanol–water partition coefficient (Wildman–Crippen LogP) is 0.754. The van der Waals surface area contributed by atoms with Crippen LogP contribution < -0.4 is 5.69 Å². The van der Waals surface area contributed by atoms with Gasteiger partial charge in [-0.15, -0.1) is 0 Å². The molecule has 0 atom stereocenters. The summed E-state index contributed by atoms with van der Waals surface area (Å²) in [4.78, 5) is 34.6. The van der Waals surface area contributed by atoms with E-state index in [1.165, 1.54) is 12.4 Å². The molecule has 3 aromatic rings. The van der Waals surface area contributed by atoms with Crippen LogP contribution in [-0.2, 0) is 0 Å². The molecular formula is C13H11N5O2. The first-order valence-corrected chi connectivity index (χ1v) is 5.93. The van der Waals surface area contributed by atoms with Gasteiger partial charge in [0, 0.05) is 36.0 Å². The fourth-order valence-electron chi connectivity index (χ4n) is 1.92. The number of imidazole rings is 2. The Kier molecular flexibility index (Phi) is 2.79. The summed E-state index contributed by atoms with van der Waals surface area (Å²) in [5.41, 5.74) is 0.489. The molecule has 0 spiro atoms. The van der Waals surface area contributed by atoms with Gasteiger partial charge >= 0.3 is 5.69 Å². The fraction of sp³-hybridized carbons (Fsp3) is 0.0769. The molecule has 0 saturated heterocycles. The van der Waals surface area contributed by atoms with E-state index >= 15 is 0 Å². The van der Waals surface area contributed by atoms with Crippen molar-refractivity contribution in [2.24, 2.45) is 0 Å². The molecule has 3 aromatic heterocycles. The zero-order valence-corrected chi connectivity index (χ0v) is 10.6. The highest BCUT2D eigenvalue weighted by Crippen LogP contribution is 2.09. The number of rotatable bonds is 2. The molecule has 0 unspecified atom stereocenters. The molecule has 0 radical (unpaired) electrons. The third kappa shape index (κ3) is 1.95. The minimum Gasteiger partial charge on any atom is -0.312 e. The molecule has 0 aliphatic rings. The summed E-state index contributed by atoms with van der Waals surface area (Å²) in [6, 6.07) is 3.19. The summed E-state index contributed by atoms with van der Waals surface area (Å²) in [5, 5.41) is 0. The van der Waals surface area contributed by atoms with Crippen LogP contribution in [0, 0.1) is 6.92 Å². The SMILES string of the molecule is Cc1c[nH]c(=O)n1C(=O)c1ccnc(-n2ccnc2)c1. The summed E-state index contributed by atoms with van der Waals surface area (Å²) in [6.45, 7) is 1.69. The van der Waals surface area contributed by atoms with Crippen molar-refractivity contribution in [2.45, 2.75) is 6.92 Å². The predicted molar refractivity (Wildman–Crippen MR) is 70.9 cm³/mol. The van der Waals surface area contributed by atoms with E-state index in [0.29, 0.717) is 17.1 Å². The van der Waals surface area contributed by atoms with Crippen molar-refractivity contribution in [3.8, 4) is 5.82 Å². The Bertz CT molecular complexity index is 813. The number of carbonyl (C=O) groups is 1. The second-order valence-electron chi connectivity index (χ2n) is 4.25. The number of nitrogens with one attached hydrogen (secondary N) is 1. The minimum absolute atomic E-state index is 0.383. The number of H-pyrrole nitrogens is 1. The van der Waals surface area contributed by atoms with E-state index in [1.54, 1.807) is 42.3 Å². The van der Waals surface area contributed by atoms with Gasteiger partial charge in [-0.3, -0.25) is 9.36 Å². The van der Waals surface area contributed by atoms with E-state index in [4.69, 9.17) is 0 Å². The van der Waals surface area contributed by atoms with Crippen LogP contribution >= 0.6 is 0 Å². The lowest BCUT2D eigenvalue weighted by atomic mass is 10.2. The summed E-state index contributed by atoms with van der Waals surface area (Å²) in [5.74, 6) is 0.173. The average molecular weight is 269 g/mol. The highest BCUT2D eigenvalue weighted by atomic mass is 16.2. The van der Waals surface area contributed by atoms with Gasteiger partial charge < -0.3 is 4.98 Å². The maximum absolute atomic E-state index is 12.4. The summed E-state index contributed by atoms with van der Waals surface area (Å²) in [6.07, 6.45) is 7.96. The van der Waals surface area contributed by atoms with Crippen LogP contribution in [0.5, 0.6) is 0 Å². The number of aromatic nitrogens is 5. The molecule has 7 nitrogen and oxygen atoms in total. The summed E-state index contributed by atoms with van der Waals surface area (Å²) in [7, 11) is 0. The van der Waals surface area contributed by atoms with Gasteiger partial charge in [0.1, 0.15) is 12.1 Å². The Balaban J connectivity index is 2.05. The van der Waals surface area contributed by atoms with Crippen LogP contribution in [-0.4, -0.2) is 30.0 Å². The van der Waals surface area contributed by atoms with Crippen LogP contribution in [0.3, 0.4) is 0 Å². The van der Waals surface area contributed by atoms with Crippen molar-refractivity contribution in [2.75, 3.05) is 0 Å². The maximum atomic E-state index is 12.4. The van der Waals surface area contributed by atoms with Gasteiger partial charge in [0.25, 0.3) is 5.91 Å². The Labute approximate surface area is 113 Å². The molecule has 3 rings (SSSR count). The standard InChI is InChI=1S/C13H11N5O2/c1-9-7-16-13(20)18(9)12(19)10-2-3-15-11(6-10)17-5-4-14-8-17/h2-8H,1H3,(H,16,20). The lowest BCUT2D eigenvalue weighted by Gasteiger charge is -2.05. The van der Waals surface area contributed by atoms with Crippen LogP contribution in [0.4, 0.5) is 0 Å². The Morgan fingerprint density at radius 2 is 2.20 bits per heavy atom. The van der Waals surface area contributed by atoms with Crippen LogP contribution in [0.25, 0.3) is 5.82 Å². The van der Waals surface area contributed by atoms with Crippen molar-refractivity contribution < 1.29 is 4.79 Å². The minimum atomic E-state index is -0.450. The van der Waals surface area contributed by atoms with Gasteiger partial charge in [-0.2, -0.15) is 0 Å². The first-order chi connectivity index (χ1) is 9.66. The number of nitrogens with zero attached hydrogens (tertiary/aromatic N) is 4. The number of carbonyl (C=O) groups excluding carboxylic acids is 1. The molecule has 100 valence electrons. The maximum Gasteiger partial charge on any atom is 0.332 e. The molecule has 0 bridgehead atoms. The number of aryl methyl sites for hydroxylation is 1. The van der Waals surface area contributed by atoms with E-state index in [9.17, 15) is 9.59 Å². The van der Waals surface area contributed by atoms with Gasteiger partial charge in [-0.05, 0) is 19.1 Å². The van der Waals surface area contributed by atoms with E-state index in [2.05, 4.69) is 15.0 Å². The van der Waals surface area contributed by atoms with Crippen molar-refractivity contribution in [1.29, 1.82) is 0 Å². The molecule has 1 N–H and O–H groups in total. The van der Waals surface area contributed by atoms with Crippen molar-refractivity contribution in [3.63, 3.8) is 0 Å². The van der Waals surface area contributed by atoms with Crippen molar-refractivity contribution in [3.05, 3.63) is 65.0 Å². The van der Waals surface area contributed by atoms with Crippen molar-refractivity contribution >= 4 is 5.91 Å². The Morgan fingerprint density at radius 3 is 2.85 bits per heavy atom. The van der Waals surface area contributed by atoms with Gasteiger partial charge in [0.05, 0.1) is 0 Å².